The van der Waals surface area contributed by atoms with E-state index in [4.69, 9.17) is 0 Å². The first-order valence-corrected chi connectivity index (χ1v) is 10.00. The second-order valence-electron chi connectivity index (χ2n) is 7.30. The first-order valence-electron chi connectivity index (χ1n) is 10.00. The standard InChI is InChI=1S/C22H26F2N4O2/c23-18-5-3-6-19(14-18)26-22(30)16-28-12-10-27(11-13-28)15-21(29)25-9-8-17-4-1-2-7-20(17)24/h1-7,14H,8-13,15-16H2,(H,25,29)(H,26,30). The molecule has 2 aromatic carbocycles. The van der Waals surface area contributed by atoms with E-state index in [1.165, 1.54) is 18.2 Å². The predicted molar refractivity (Wildman–Crippen MR) is 111 cm³/mol. The molecule has 1 heterocycles. The van der Waals surface area contributed by atoms with Crippen LogP contribution in [0.5, 0.6) is 0 Å². The van der Waals surface area contributed by atoms with Crippen LogP contribution in [0.3, 0.4) is 0 Å². The van der Waals surface area contributed by atoms with E-state index in [1.807, 2.05) is 9.80 Å². The van der Waals surface area contributed by atoms with Crippen LogP contribution in [0.15, 0.2) is 48.5 Å². The summed E-state index contributed by atoms with van der Waals surface area (Å²) in [4.78, 5) is 28.3. The highest BCUT2D eigenvalue weighted by atomic mass is 19.1. The molecule has 0 aromatic heterocycles. The molecule has 3 rings (SSSR count). The Bertz CT molecular complexity index is 870. The van der Waals surface area contributed by atoms with Gasteiger partial charge in [0, 0.05) is 38.4 Å². The van der Waals surface area contributed by atoms with Gasteiger partial charge in [0.1, 0.15) is 11.6 Å². The van der Waals surface area contributed by atoms with E-state index in [2.05, 4.69) is 10.6 Å². The molecule has 1 saturated heterocycles. The third kappa shape index (κ3) is 6.89. The molecular formula is C22H26F2N4O2. The zero-order valence-electron chi connectivity index (χ0n) is 16.7. The molecule has 2 amide bonds. The van der Waals surface area contributed by atoms with E-state index in [0.717, 1.165) is 0 Å². The number of anilines is 1. The molecule has 0 aliphatic carbocycles. The van der Waals surface area contributed by atoms with E-state index >= 15 is 0 Å². The number of nitrogens with one attached hydrogen (secondary N) is 2. The number of carbonyl (C=O) groups is 2. The zero-order valence-corrected chi connectivity index (χ0v) is 16.7. The fourth-order valence-electron chi connectivity index (χ4n) is 3.37. The number of piperazine rings is 1. The SMILES string of the molecule is O=C(CN1CCN(CC(=O)Nc2cccc(F)c2)CC1)NCCc1ccccc1F. The van der Waals surface area contributed by atoms with Gasteiger partial charge in [0.05, 0.1) is 13.1 Å². The van der Waals surface area contributed by atoms with Gasteiger partial charge in [-0.25, -0.2) is 8.78 Å². The van der Waals surface area contributed by atoms with Crippen molar-refractivity contribution >= 4 is 17.5 Å². The molecule has 30 heavy (non-hydrogen) atoms. The van der Waals surface area contributed by atoms with E-state index in [9.17, 15) is 18.4 Å². The molecule has 0 radical (unpaired) electrons. The molecule has 0 bridgehead atoms. The average Bonchev–Trinajstić information content (AvgIpc) is 2.71. The van der Waals surface area contributed by atoms with Crippen LogP contribution in [0, 0.1) is 11.6 Å². The lowest BCUT2D eigenvalue weighted by atomic mass is 10.1. The molecule has 0 spiro atoms. The molecule has 1 fully saturated rings. The van der Waals surface area contributed by atoms with Crippen molar-refractivity contribution in [2.45, 2.75) is 6.42 Å². The maximum atomic E-state index is 13.6. The van der Waals surface area contributed by atoms with Gasteiger partial charge >= 0.3 is 0 Å². The Morgan fingerprint density at radius 2 is 1.53 bits per heavy atom. The predicted octanol–water partition coefficient (Wildman–Crippen LogP) is 1.88. The molecule has 8 heteroatoms. The topological polar surface area (TPSA) is 64.7 Å². The number of carbonyl (C=O) groups excluding carboxylic acids is 2. The smallest absolute Gasteiger partial charge is 0.238 e. The van der Waals surface area contributed by atoms with Crippen LogP contribution in [0.2, 0.25) is 0 Å². The van der Waals surface area contributed by atoms with Crippen molar-refractivity contribution < 1.29 is 18.4 Å². The number of benzene rings is 2. The van der Waals surface area contributed by atoms with Gasteiger partial charge in [-0.15, -0.1) is 0 Å². The fraction of sp³-hybridized carbons (Fsp3) is 0.364. The maximum Gasteiger partial charge on any atom is 0.238 e. The van der Waals surface area contributed by atoms with Crippen LogP contribution in [0.25, 0.3) is 0 Å². The lowest BCUT2D eigenvalue weighted by molar-refractivity contribution is -0.123. The molecule has 0 atom stereocenters. The van der Waals surface area contributed by atoms with E-state index in [1.54, 1.807) is 30.3 Å². The third-order valence-electron chi connectivity index (χ3n) is 4.98. The Morgan fingerprint density at radius 1 is 0.867 bits per heavy atom. The molecule has 160 valence electrons. The van der Waals surface area contributed by atoms with Crippen molar-refractivity contribution in [3.05, 3.63) is 65.7 Å². The summed E-state index contributed by atoms with van der Waals surface area (Å²) in [5.74, 6) is -0.943. The van der Waals surface area contributed by atoms with Gasteiger partial charge in [0.2, 0.25) is 11.8 Å². The van der Waals surface area contributed by atoms with E-state index < -0.39 is 5.82 Å². The first kappa shape index (κ1) is 21.9. The Kier molecular flexibility index (Phi) is 7.87. The molecule has 1 aliphatic rings. The summed E-state index contributed by atoms with van der Waals surface area (Å²) in [6.07, 6.45) is 0.451. The first-order chi connectivity index (χ1) is 14.5. The summed E-state index contributed by atoms with van der Waals surface area (Å²) in [6, 6.07) is 12.3. The normalized spacial score (nSPS) is 15.0. The number of hydrogen-bond acceptors (Lipinski definition) is 4. The van der Waals surface area contributed by atoms with Crippen molar-refractivity contribution in [2.75, 3.05) is 51.1 Å². The van der Waals surface area contributed by atoms with Crippen molar-refractivity contribution in [1.29, 1.82) is 0 Å². The summed E-state index contributed by atoms with van der Waals surface area (Å²) in [7, 11) is 0. The van der Waals surface area contributed by atoms with Gasteiger partial charge in [0.15, 0.2) is 0 Å². The van der Waals surface area contributed by atoms with Gasteiger partial charge in [-0.1, -0.05) is 24.3 Å². The van der Waals surface area contributed by atoms with Crippen LogP contribution in [-0.2, 0) is 16.0 Å². The van der Waals surface area contributed by atoms with Gasteiger partial charge in [0.25, 0.3) is 0 Å². The molecule has 0 saturated carbocycles. The Morgan fingerprint density at radius 3 is 2.20 bits per heavy atom. The third-order valence-corrected chi connectivity index (χ3v) is 4.98. The molecule has 2 aromatic rings. The van der Waals surface area contributed by atoms with Gasteiger partial charge in [-0.2, -0.15) is 0 Å². The van der Waals surface area contributed by atoms with Crippen LogP contribution in [0.1, 0.15) is 5.56 Å². The number of nitrogens with zero attached hydrogens (tertiary/aromatic N) is 2. The number of rotatable bonds is 8. The van der Waals surface area contributed by atoms with Crippen molar-refractivity contribution in [3.8, 4) is 0 Å². The molecule has 1 aliphatic heterocycles. The Hall–Kier alpha value is -2.84. The molecule has 6 nitrogen and oxygen atoms in total. The highest BCUT2D eigenvalue weighted by Crippen LogP contribution is 2.10. The number of amides is 2. The largest absolute Gasteiger partial charge is 0.355 e. The van der Waals surface area contributed by atoms with Crippen LogP contribution >= 0.6 is 0 Å². The second kappa shape index (κ2) is 10.8. The molecule has 0 unspecified atom stereocenters. The minimum Gasteiger partial charge on any atom is -0.355 e. The summed E-state index contributed by atoms with van der Waals surface area (Å²) < 4.78 is 26.8. The maximum absolute atomic E-state index is 13.6. The Labute approximate surface area is 174 Å². The lowest BCUT2D eigenvalue weighted by Gasteiger charge is -2.33. The van der Waals surface area contributed by atoms with Crippen molar-refractivity contribution in [3.63, 3.8) is 0 Å². The van der Waals surface area contributed by atoms with Crippen LogP contribution < -0.4 is 10.6 Å². The number of halogens is 2. The van der Waals surface area contributed by atoms with Crippen molar-refractivity contribution in [2.24, 2.45) is 0 Å². The Balaban J connectivity index is 1.32. The summed E-state index contributed by atoms with van der Waals surface area (Å²) >= 11 is 0. The minimum atomic E-state index is -0.395. The lowest BCUT2D eigenvalue weighted by Crippen LogP contribution is -2.51. The summed E-state index contributed by atoms with van der Waals surface area (Å²) in [5.41, 5.74) is 1.02. The number of hydrogen-bond donors (Lipinski definition) is 2. The second-order valence-corrected chi connectivity index (χ2v) is 7.30. The van der Waals surface area contributed by atoms with Crippen LogP contribution in [-0.4, -0.2) is 67.4 Å². The van der Waals surface area contributed by atoms with Gasteiger partial charge in [-0.3, -0.25) is 19.4 Å². The zero-order chi connectivity index (χ0) is 21.3. The monoisotopic (exact) mass is 416 g/mol. The summed E-state index contributed by atoms with van der Waals surface area (Å²) in [5, 5.41) is 5.51. The molecular weight excluding hydrogens is 390 g/mol. The van der Waals surface area contributed by atoms with Gasteiger partial charge in [-0.05, 0) is 36.2 Å². The van der Waals surface area contributed by atoms with Crippen LogP contribution in [0.4, 0.5) is 14.5 Å². The minimum absolute atomic E-state index is 0.0939. The van der Waals surface area contributed by atoms with Gasteiger partial charge < -0.3 is 10.6 Å². The van der Waals surface area contributed by atoms with Crippen molar-refractivity contribution in [1.82, 2.24) is 15.1 Å². The molecule has 2 N–H and O–H groups in total. The quantitative estimate of drug-likeness (QED) is 0.690. The highest BCUT2D eigenvalue weighted by molar-refractivity contribution is 5.92. The summed E-state index contributed by atoms with van der Waals surface area (Å²) in [6.45, 7) is 3.57. The van der Waals surface area contributed by atoms with E-state index in [-0.39, 0.29) is 30.7 Å². The fourth-order valence-corrected chi connectivity index (χ4v) is 3.37. The van der Waals surface area contributed by atoms with E-state index in [0.29, 0.717) is 50.4 Å². The highest BCUT2D eigenvalue weighted by Gasteiger charge is 2.20. The average molecular weight is 416 g/mol.